The third kappa shape index (κ3) is 4.33. The molecule has 2 N–H and O–H groups in total. The van der Waals surface area contributed by atoms with Crippen molar-refractivity contribution < 1.29 is 19.5 Å². The highest BCUT2D eigenvalue weighted by molar-refractivity contribution is 6.58. The summed E-state index contributed by atoms with van der Waals surface area (Å²) in [6.07, 6.45) is 0.729. The average molecular weight is 502 g/mol. The number of nitrogens with zero attached hydrogens (tertiary/aromatic N) is 4. The summed E-state index contributed by atoms with van der Waals surface area (Å²) < 4.78 is 5.56. The van der Waals surface area contributed by atoms with Crippen LogP contribution in [0.15, 0.2) is 58.7 Å². The molecule has 1 amide bonds. The summed E-state index contributed by atoms with van der Waals surface area (Å²) in [6.45, 7) is 8.29. The lowest BCUT2D eigenvalue weighted by molar-refractivity contribution is 0.0104. The average Bonchev–Trinajstić information content (AvgIpc) is 3.60. The van der Waals surface area contributed by atoms with Crippen LogP contribution in [0, 0.1) is 0 Å². The Balaban J connectivity index is 1.14. The monoisotopic (exact) mass is 501 g/mol. The maximum Gasteiger partial charge on any atom is 0.410 e. The molecule has 192 valence electrons. The molecular weight excluding hydrogens is 470 g/mol. The van der Waals surface area contributed by atoms with Gasteiger partial charge in [0.05, 0.1) is 11.3 Å². The first kappa shape index (κ1) is 23.5. The van der Waals surface area contributed by atoms with Crippen molar-refractivity contribution in [1.82, 2.24) is 14.8 Å². The largest absolute Gasteiger partial charge is 0.494 e. The van der Waals surface area contributed by atoms with E-state index in [9.17, 15) is 9.90 Å². The van der Waals surface area contributed by atoms with Gasteiger partial charge in [0.2, 0.25) is 0 Å². The van der Waals surface area contributed by atoms with Crippen LogP contribution >= 0.6 is 0 Å². The van der Waals surface area contributed by atoms with Gasteiger partial charge in [0.25, 0.3) is 0 Å². The van der Waals surface area contributed by atoms with Gasteiger partial charge in [0.1, 0.15) is 23.6 Å². The van der Waals surface area contributed by atoms with Crippen LogP contribution < -0.4 is 0 Å². The quantitative estimate of drug-likeness (QED) is 0.398. The fourth-order valence-electron chi connectivity index (χ4n) is 5.54. The lowest BCUT2D eigenvalue weighted by Crippen LogP contribution is -2.50. The van der Waals surface area contributed by atoms with E-state index in [1.807, 2.05) is 74.2 Å². The first-order valence-corrected chi connectivity index (χ1v) is 12.7. The van der Waals surface area contributed by atoms with Crippen molar-refractivity contribution in [1.29, 1.82) is 0 Å². The fourth-order valence-corrected chi connectivity index (χ4v) is 5.54. The number of oxime groups is 1. The van der Waals surface area contributed by atoms with E-state index in [4.69, 9.17) is 14.6 Å². The second kappa shape index (κ2) is 8.92. The number of ether oxygens (including phenoxy) is 1. The summed E-state index contributed by atoms with van der Waals surface area (Å²) in [5, 5.41) is 16.1. The number of amides is 1. The van der Waals surface area contributed by atoms with Crippen molar-refractivity contribution in [2.45, 2.75) is 44.9 Å². The summed E-state index contributed by atoms with van der Waals surface area (Å²) in [5.41, 5.74) is 3.82. The molecule has 2 atom stereocenters. The van der Waals surface area contributed by atoms with Gasteiger partial charge in [-0.2, -0.15) is 0 Å². The van der Waals surface area contributed by atoms with E-state index in [0.29, 0.717) is 42.7 Å². The van der Waals surface area contributed by atoms with E-state index in [1.54, 1.807) is 0 Å². The Morgan fingerprint density at radius 3 is 2.70 bits per heavy atom. The van der Waals surface area contributed by atoms with Gasteiger partial charge in [-0.15, -0.1) is 0 Å². The molecule has 0 radical (unpaired) electrons. The van der Waals surface area contributed by atoms with Crippen molar-refractivity contribution in [2.75, 3.05) is 26.2 Å². The van der Waals surface area contributed by atoms with E-state index in [0.717, 1.165) is 35.1 Å². The lowest BCUT2D eigenvalue weighted by Gasteiger charge is -2.34. The predicted molar refractivity (Wildman–Crippen MR) is 142 cm³/mol. The Bertz CT molecular complexity index is 1420. The summed E-state index contributed by atoms with van der Waals surface area (Å²) in [6, 6.07) is 16.0. The highest BCUT2D eigenvalue weighted by Crippen LogP contribution is 2.36. The second-order valence-corrected chi connectivity index (χ2v) is 10.8. The van der Waals surface area contributed by atoms with Crippen LogP contribution in [0.4, 0.5) is 10.5 Å². The van der Waals surface area contributed by atoms with Crippen molar-refractivity contribution in [3.8, 4) is 5.88 Å². The topological polar surface area (TPSA) is 103 Å². The van der Waals surface area contributed by atoms with Crippen LogP contribution in [0.2, 0.25) is 0 Å². The molecule has 9 nitrogen and oxygen atoms in total. The predicted octanol–water partition coefficient (Wildman–Crippen LogP) is 4.42. The zero-order valence-electron chi connectivity index (χ0n) is 21.3. The number of hydrogen-bond donors (Lipinski definition) is 2. The molecule has 3 aliphatic heterocycles. The number of likely N-dealkylation sites (tertiary alicyclic amines) is 2. The highest BCUT2D eigenvalue weighted by Gasteiger charge is 2.46. The van der Waals surface area contributed by atoms with E-state index in [2.05, 4.69) is 15.0 Å². The molecule has 2 aromatic carbocycles. The molecule has 6 rings (SSSR count). The van der Waals surface area contributed by atoms with Gasteiger partial charge in [-0.05, 0) is 39.3 Å². The Labute approximate surface area is 215 Å². The molecule has 9 heteroatoms. The van der Waals surface area contributed by atoms with Gasteiger partial charge in [-0.25, -0.2) is 9.79 Å². The molecular formula is C28H31N5O4. The molecule has 1 aromatic heterocycles. The van der Waals surface area contributed by atoms with Gasteiger partial charge >= 0.3 is 6.09 Å². The number of fused-ring (bicyclic) bond motifs is 4. The summed E-state index contributed by atoms with van der Waals surface area (Å²) in [5.74, 6) is 0.0584. The number of aliphatic imine (C=N–C) groups is 1. The first-order valence-electron chi connectivity index (χ1n) is 12.7. The minimum Gasteiger partial charge on any atom is -0.494 e. The zero-order chi connectivity index (χ0) is 25.7. The van der Waals surface area contributed by atoms with Crippen LogP contribution in [0.25, 0.3) is 10.9 Å². The SMILES string of the molecule is CC(C)(C)OC(=O)N1C[C@@H]2C[C@H]1CN2CCO/N=C1/C(c2c(O)[nH]c3ccccc23)=Nc2ccccc21. The van der Waals surface area contributed by atoms with Crippen LogP contribution in [0.5, 0.6) is 5.88 Å². The second-order valence-electron chi connectivity index (χ2n) is 10.8. The van der Waals surface area contributed by atoms with Gasteiger partial charge in [-0.3, -0.25) is 4.90 Å². The number of aromatic hydroxyl groups is 1. The molecule has 4 heterocycles. The Kier molecular flexibility index (Phi) is 5.67. The van der Waals surface area contributed by atoms with E-state index < -0.39 is 5.60 Å². The first-order chi connectivity index (χ1) is 17.8. The van der Waals surface area contributed by atoms with E-state index in [1.165, 1.54) is 0 Å². The molecule has 0 aliphatic carbocycles. The molecule has 0 saturated carbocycles. The molecule has 2 fully saturated rings. The normalized spacial score (nSPS) is 22.1. The van der Waals surface area contributed by atoms with E-state index in [-0.39, 0.29) is 18.0 Å². The summed E-state index contributed by atoms with van der Waals surface area (Å²) in [4.78, 5) is 30.4. The third-order valence-electron chi connectivity index (χ3n) is 7.15. The number of carbonyl (C=O) groups excluding carboxylic acids is 1. The Hall–Kier alpha value is -3.85. The number of aromatic nitrogens is 1. The minimum atomic E-state index is -0.490. The molecule has 37 heavy (non-hydrogen) atoms. The number of aromatic amines is 1. The van der Waals surface area contributed by atoms with Crippen molar-refractivity contribution >= 4 is 34.1 Å². The molecule has 3 aromatic rings. The van der Waals surface area contributed by atoms with Gasteiger partial charge in [0, 0.05) is 48.2 Å². The number of hydrogen-bond acceptors (Lipinski definition) is 7. The molecule has 0 spiro atoms. The lowest BCUT2D eigenvalue weighted by atomic mass is 10.0. The maximum absolute atomic E-state index is 12.5. The summed E-state index contributed by atoms with van der Waals surface area (Å²) >= 11 is 0. The smallest absolute Gasteiger partial charge is 0.410 e. The number of nitrogens with one attached hydrogen (secondary N) is 1. The third-order valence-corrected chi connectivity index (χ3v) is 7.15. The van der Waals surface area contributed by atoms with E-state index >= 15 is 0 Å². The number of para-hydroxylation sites is 2. The van der Waals surface area contributed by atoms with Crippen LogP contribution in [-0.4, -0.2) is 81.3 Å². The van der Waals surface area contributed by atoms with Crippen molar-refractivity contribution in [2.24, 2.45) is 10.1 Å². The Morgan fingerprint density at radius 1 is 1.14 bits per heavy atom. The maximum atomic E-state index is 12.5. The zero-order valence-corrected chi connectivity index (χ0v) is 21.3. The number of H-pyrrole nitrogens is 1. The summed E-state index contributed by atoms with van der Waals surface area (Å²) in [7, 11) is 0. The van der Waals surface area contributed by atoms with Gasteiger partial charge in [-0.1, -0.05) is 41.6 Å². The van der Waals surface area contributed by atoms with Gasteiger partial charge in [0.15, 0.2) is 5.88 Å². The molecule has 2 bridgehead atoms. The number of carbonyl (C=O) groups is 1. The fraction of sp³-hybridized carbons (Fsp3) is 0.393. The molecule has 2 saturated heterocycles. The van der Waals surface area contributed by atoms with Crippen LogP contribution in [0.3, 0.4) is 0 Å². The van der Waals surface area contributed by atoms with Gasteiger partial charge < -0.3 is 24.6 Å². The van der Waals surface area contributed by atoms with Crippen molar-refractivity contribution in [3.63, 3.8) is 0 Å². The molecule has 3 aliphatic rings. The number of rotatable bonds is 5. The minimum absolute atomic E-state index is 0.0584. The molecule has 0 unspecified atom stereocenters. The highest BCUT2D eigenvalue weighted by atomic mass is 16.6. The Morgan fingerprint density at radius 2 is 1.92 bits per heavy atom. The van der Waals surface area contributed by atoms with Crippen LogP contribution in [-0.2, 0) is 9.57 Å². The number of piperazine rings is 1. The standard InChI is InChI=1S/C28H31N5O4/c1-28(2,3)37-27(35)33-16-17-14-18(33)15-32(17)12-13-36-31-24-20-9-5-7-11-22(20)29-25(24)23-19-8-4-6-10-21(19)30-26(23)34/h4-11,17-18,30,34H,12-16H2,1-3H3/b31-24+/t17-,18-/m0/s1. The van der Waals surface area contributed by atoms with Crippen LogP contribution in [0.1, 0.15) is 38.3 Å². The van der Waals surface area contributed by atoms with Crippen molar-refractivity contribution in [3.05, 3.63) is 59.7 Å². The number of benzene rings is 2.